The van der Waals surface area contributed by atoms with Gasteiger partial charge in [-0.25, -0.2) is 0 Å². The third-order valence-electron chi connectivity index (χ3n) is 5.08. The van der Waals surface area contributed by atoms with Gasteiger partial charge in [0.2, 0.25) is 0 Å². The van der Waals surface area contributed by atoms with E-state index < -0.39 is 0 Å². The number of likely N-dealkylation sites (tertiary alicyclic amines) is 1. The van der Waals surface area contributed by atoms with Gasteiger partial charge in [0.15, 0.2) is 5.96 Å². The van der Waals surface area contributed by atoms with Gasteiger partial charge in [0.05, 0.1) is 0 Å². The van der Waals surface area contributed by atoms with Gasteiger partial charge in [0.1, 0.15) is 0 Å². The van der Waals surface area contributed by atoms with E-state index in [1.165, 1.54) is 5.69 Å². The summed E-state index contributed by atoms with van der Waals surface area (Å²) >= 11 is 0. The Bertz CT molecular complexity index is 528. The average molecular weight is 346 g/mol. The molecule has 0 radical (unpaired) electrons. The fourth-order valence-electron chi connectivity index (χ4n) is 3.32. The molecule has 2 rings (SSSR count). The van der Waals surface area contributed by atoms with Crippen LogP contribution in [0.3, 0.4) is 0 Å². The molecule has 1 aromatic carbocycles. The van der Waals surface area contributed by atoms with Gasteiger partial charge in [-0.3, -0.25) is 9.89 Å². The van der Waals surface area contributed by atoms with E-state index in [2.05, 4.69) is 83.6 Å². The third-order valence-corrected chi connectivity index (χ3v) is 5.08. The van der Waals surface area contributed by atoms with E-state index in [0.29, 0.717) is 18.0 Å². The van der Waals surface area contributed by atoms with Crippen LogP contribution >= 0.6 is 0 Å². The van der Waals surface area contributed by atoms with Crippen molar-refractivity contribution in [3.63, 3.8) is 0 Å². The van der Waals surface area contributed by atoms with Gasteiger partial charge in [0, 0.05) is 58.0 Å². The number of nitrogens with zero attached hydrogens (tertiary/aromatic N) is 3. The molecule has 1 saturated heterocycles. The minimum Gasteiger partial charge on any atom is -0.375 e. The van der Waals surface area contributed by atoms with Gasteiger partial charge in [-0.2, -0.15) is 0 Å². The molecule has 0 aliphatic carbocycles. The Hall–Kier alpha value is -1.75. The number of hydrogen-bond donors (Lipinski definition) is 2. The quantitative estimate of drug-likeness (QED) is 0.452. The summed E-state index contributed by atoms with van der Waals surface area (Å²) in [4.78, 5) is 9.21. The summed E-state index contributed by atoms with van der Waals surface area (Å²) in [5.74, 6) is 1.56. The molecule has 1 aliphatic heterocycles. The highest BCUT2D eigenvalue weighted by Crippen LogP contribution is 2.18. The normalized spacial score (nSPS) is 21.6. The zero-order chi connectivity index (χ0) is 18.2. The molecule has 140 valence electrons. The molecule has 5 heteroatoms. The lowest BCUT2D eigenvalue weighted by Gasteiger charge is -2.22. The summed E-state index contributed by atoms with van der Waals surface area (Å²) in [5.41, 5.74) is 1.26. The Morgan fingerprint density at radius 3 is 2.60 bits per heavy atom. The first-order valence-electron chi connectivity index (χ1n) is 9.48. The van der Waals surface area contributed by atoms with E-state index in [1.54, 1.807) is 0 Å². The average Bonchev–Trinajstić information content (AvgIpc) is 2.99. The smallest absolute Gasteiger partial charge is 0.191 e. The van der Waals surface area contributed by atoms with Gasteiger partial charge in [-0.15, -0.1) is 0 Å². The lowest BCUT2D eigenvalue weighted by Crippen LogP contribution is -2.47. The molecule has 0 aromatic heterocycles. The maximum atomic E-state index is 4.39. The zero-order valence-electron chi connectivity index (χ0n) is 16.5. The van der Waals surface area contributed by atoms with Crippen molar-refractivity contribution in [1.29, 1.82) is 0 Å². The summed E-state index contributed by atoms with van der Waals surface area (Å²) < 4.78 is 0. The summed E-state index contributed by atoms with van der Waals surface area (Å²) in [5, 5.41) is 7.07. The van der Waals surface area contributed by atoms with Crippen molar-refractivity contribution < 1.29 is 0 Å². The number of benzene rings is 1. The first-order chi connectivity index (χ1) is 12.0. The molecule has 0 saturated carbocycles. The minimum absolute atomic E-state index is 0.473. The van der Waals surface area contributed by atoms with E-state index >= 15 is 0 Å². The molecule has 0 amide bonds. The molecular weight excluding hydrogens is 310 g/mol. The molecular formula is C20H35N5. The fraction of sp³-hybridized carbons (Fsp3) is 0.650. The molecule has 1 heterocycles. The second kappa shape index (κ2) is 9.66. The molecule has 2 N–H and O–H groups in total. The molecule has 1 aromatic rings. The number of anilines is 1. The summed E-state index contributed by atoms with van der Waals surface area (Å²) in [6, 6.07) is 11.6. The van der Waals surface area contributed by atoms with Gasteiger partial charge in [0.25, 0.3) is 0 Å². The van der Waals surface area contributed by atoms with Gasteiger partial charge in [-0.05, 0) is 38.3 Å². The number of nitrogens with one attached hydrogen (secondary N) is 2. The van der Waals surface area contributed by atoms with Gasteiger partial charge in [-0.1, -0.05) is 25.1 Å². The van der Waals surface area contributed by atoms with Crippen LogP contribution in [0.1, 0.15) is 27.2 Å². The second-order valence-electron chi connectivity index (χ2n) is 7.39. The molecule has 2 atom stereocenters. The van der Waals surface area contributed by atoms with Crippen molar-refractivity contribution in [2.75, 3.05) is 45.2 Å². The zero-order valence-corrected chi connectivity index (χ0v) is 16.5. The highest BCUT2D eigenvalue weighted by atomic mass is 15.3. The number of guanidine groups is 1. The largest absolute Gasteiger partial charge is 0.375 e. The van der Waals surface area contributed by atoms with Crippen LogP contribution in [-0.2, 0) is 0 Å². The minimum atomic E-state index is 0.473. The number of hydrogen-bond acceptors (Lipinski definition) is 3. The number of rotatable bonds is 7. The highest BCUT2D eigenvalue weighted by Gasteiger charge is 2.31. The lowest BCUT2D eigenvalue weighted by molar-refractivity contribution is 0.265. The van der Waals surface area contributed by atoms with Crippen molar-refractivity contribution in [3.8, 4) is 0 Å². The van der Waals surface area contributed by atoms with Crippen LogP contribution in [0, 0.1) is 5.92 Å². The van der Waals surface area contributed by atoms with Crippen molar-refractivity contribution in [2.24, 2.45) is 10.9 Å². The number of para-hydroxylation sites is 1. The topological polar surface area (TPSA) is 42.9 Å². The lowest BCUT2D eigenvalue weighted by atomic mass is 10.1. The summed E-state index contributed by atoms with van der Waals surface area (Å²) in [6.07, 6.45) is 1.07. The van der Waals surface area contributed by atoms with E-state index in [-0.39, 0.29) is 0 Å². The van der Waals surface area contributed by atoms with Crippen LogP contribution in [0.5, 0.6) is 0 Å². The Morgan fingerprint density at radius 2 is 2.00 bits per heavy atom. The molecule has 25 heavy (non-hydrogen) atoms. The first-order valence-corrected chi connectivity index (χ1v) is 9.48. The predicted octanol–water partition coefficient (Wildman–Crippen LogP) is 2.41. The Balaban J connectivity index is 1.70. The van der Waals surface area contributed by atoms with E-state index in [4.69, 9.17) is 0 Å². The summed E-state index contributed by atoms with van der Waals surface area (Å²) in [7, 11) is 3.99. The molecule has 2 unspecified atom stereocenters. The second-order valence-corrected chi connectivity index (χ2v) is 7.39. The van der Waals surface area contributed by atoms with Crippen LogP contribution < -0.4 is 15.5 Å². The van der Waals surface area contributed by atoms with Crippen LogP contribution in [0.15, 0.2) is 35.3 Å². The van der Waals surface area contributed by atoms with Crippen LogP contribution in [0.2, 0.25) is 0 Å². The maximum absolute atomic E-state index is 4.39. The Morgan fingerprint density at radius 1 is 1.28 bits per heavy atom. The van der Waals surface area contributed by atoms with Gasteiger partial charge >= 0.3 is 0 Å². The third kappa shape index (κ3) is 5.92. The maximum Gasteiger partial charge on any atom is 0.191 e. The van der Waals surface area contributed by atoms with Gasteiger partial charge < -0.3 is 15.5 Å². The fourth-order valence-corrected chi connectivity index (χ4v) is 3.32. The van der Waals surface area contributed by atoms with Crippen molar-refractivity contribution in [1.82, 2.24) is 15.5 Å². The molecule has 1 fully saturated rings. The Kier molecular flexibility index (Phi) is 7.56. The van der Waals surface area contributed by atoms with Crippen molar-refractivity contribution >= 4 is 11.6 Å². The molecule has 0 spiro atoms. The SMILES string of the molecule is CN=C(NCCCN(C)c1ccccc1)NC1CN(C(C)C)CC1C. The van der Waals surface area contributed by atoms with Crippen molar-refractivity contribution in [3.05, 3.63) is 30.3 Å². The number of aliphatic imine (C=N–C) groups is 1. The van der Waals surface area contributed by atoms with Crippen LogP contribution in [0.25, 0.3) is 0 Å². The van der Waals surface area contributed by atoms with Crippen LogP contribution in [0.4, 0.5) is 5.69 Å². The summed E-state index contributed by atoms with van der Waals surface area (Å²) in [6.45, 7) is 11.1. The van der Waals surface area contributed by atoms with E-state index in [9.17, 15) is 0 Å². The Labute approximate surface area is 153 Å². The monoisotopic (exact) mass is 345 g/mol. The first kappa shape index (κ1) is 19.6. The van der Waals surface area contributed by atoms with E-state index in [1.807, 2.05) is 7.05 Å². The molecule has 5 nitrogen and oxygen atoms in total. The van der Waals surface area contributed by atoms with Crippen molar-refractivity contribution in [2.45, 2.75) is 39.3 Å². The standard InChI is InChI=1S/C20H35N5/c1-16(2)25-14-17(3)19(15-25)23-20(21-4)22-12-9-13-24(5)18-10-7-6-8-11-18/h6-8,10-11,16-17,19H,9,12-15H2,1-5H3,(H2,21,22,23). The predicted molar refractivity (Wildman–Crippen MR) is 108 cm³/mol. The van der Waals surface area contributed by atoms with E-state index in [0.717, 1.165) is 38.6 Å². The highest BCUT2D eigenvalue weighted by molar-refractivity contribution is 5.80. The van der Waals surface area contributed by atoms with Crippen LogP contribution in [-0.4, -0.2) is 63.2 Å². The molecule has 0 bridgehead atoms. The molecule has 1 aliphatic rings.